The number of carbonyl (C=O) groups is 2. The number of aliphatic carboxylic acids is 2. The van der Waals surface area contributed by atoms with Crippen LogP contribution in [0.15, 0.2) is 0 Å². The number of hydrogen-bond acceptors (Lipinski definition) is 2. The van der Waals surface area contributed by atoms with Gasteiger partial charge in [-0.2, -0.15) is 52.7 Å². The van der Waals surface area contributed by atoms with E-state index in [1.807, 2.05) is 0 Å². The van der Waals surface area contributed by atoms with Crippen LogP contribution in [0.3, 0.4) is 0 Å². The van der Waals surface area contributed by atoms with E-state index in [-0.39, 0.29) is 0 Å². The molecule has 2 fully saturated rings. The molecule has 0 aromatic heterocycles. The molecule has 0 radical (unpaired) electrons. The van der Waals surface area contributed by atoms with Crippen molar-refractivity contribution in [2.24, 2.45) is 11.8 Å². The van der Waals surface area contributed by atoms with Gasteiger partial charge in [-0.15, -0.1) is 0 Å². The molecule has 0 aliphatic heterocycles. The third-order valence-corrected chi connectivity index (χ3v) is 5.13. The zero-order chi connectivity index (χ0) is 24.3. The van der Waals surface area contributed by atoms with Gasteiger partial charge in [-0.05, 0) is 0 Å². The SMILES string of the molecule is O=C(O)C1(F)C2C(C(F)(F)C(F)(F)C1(F)F)C(F)(F)C(F)(F)C(F)(F)C2(F)C(=O)O. The van der Waals surface area contributed by atoms with Crippen LogP contribution in [0, 0.1) is 11.8 Å². The second kappa shape index (κ2) is 5.41. The van der Waals surface area contributed by atoms with E-state index in [1.54, 1.807) is 0 Å². The van der Waals surface area contributed by atoms with Gasteiger partial charge < -0.3 is 10.2 Å². The van der Waals surface area contributed by atoms with E-state index in [0.29, 0.717) is 0 Å². The van der Waals surface area contributed by atoms with Crippen molar-refractivity contribution in [3.05, 3.63) is 0 Å². The zero-order valence-corrected chi connectivity index (χ0v) is 13.2. The second-order valence-electron chi connectivity index (χ2n) is 6.53. The Hall–Kier alpha value is -2.04. The van der Waals surface area contributed by atoms with Gasteiger partial charge in [0.1, 0.15) is 5.92 Å². The van der Waals surface area contributed by atoms with Crippen molar-refractivity contribution in [2.45, 2.75) is 46.9 Å². The van der Waals surface area contributed by atoms with Crippen molar-refractivity contribution >= 4 is 11.9 Å². The largest absolute Gasteiger partial charge is 0.479 e. The Bertz CT molecular complexity index is 745. The Morgan fingerprint density at radius 1 is 0.467 bits per heavy atom. The van der Waals surface area contributed by atoms with Gasteiger partial charge in [-0.3, -0.25) is 0 Å². The molecule has 2 saturated carbocycles. The summed E-state index contributed by atoms with van der Waals surface area (Å²) in [5, 5.41) is 17.0. The molecule has 0 amide bonds. The monoisotopic (exact) mass is 478 g/mol. The van der Waals surface area contributed by atoms with Crippen molar-refractivity contribution in [1.82, 2.24) is 0 Å². The highest BCUT2D eigenvalue weighted by molar-refractivity contribution is 5.86. The number of fused-ring (bicyclic) bond motifs is 1. The average molecular weight is 478 g/mol. The van der Waals surface area contributed by atoms with Crippen molar-refractivity contribution in [1.29, 1.82) is 0 Å². The maximum atomic E-state index is 14.7. The van der Waals surface area contributed by atoms with Gasteiger partial charge in [-0.25, -0.2) is 18.4 Å². The quantitative estimate of drug-likeness (QED) is 0.595. The summed E-state index contributed by atoms with van der Waals surface area (Å²) in [5.74, 6) is -65.5. The second-order valence-corrected chi connectivity index (χ2v) is 6.53. The van der Waals surface area contributed by atoms with Gasteiger partial charge in [0.15, 0.2) is 0 Å². The molecular formula is C12H4F14O4. The van der Waals surface area contributed by atoms with Crippen molar-refractivity contribution in [3.63, 3.8) is 0 Å². The Morgan fingerprint density at radius 3 is 0.900 bits per heavy atom. The molecule has 2 aliphatic rings. The zero-order valence-electron chi connectivity index (χ0n) is 13.2. The summed E-state index contributed by atoms with van der Waals surface area (Å²) in [5.41, 5.74) is -13.9. The standard InChI is InChI=1S/C12H4F14O4/c13-5(3(27)28)1-2(7(15,16)11(23,24)9(5,19)20)8(17,18)12(25,26)10(21,22)6(1,14)4(29)30/h1-2H,(H,27,28)(H,29,30). The van der Waals surface area contributed by atoms with Gasteiger partial charge in [-0.1, -0.05) is 0 Å². The Morgan fingerprint density at radius 2 is 0.700 bits per heavy atom. The normalized spacial score (nSPS) is 42.1. The van der Waals surface area contributed by atoms with Crippen LogP contribution in [0.1, 0.15) is 0 Å². The van der Waals surface area contributed by atoms with Crippen LogP contribution >= 0.6 is 0 Å². The molecule has 0 bridgehead atoms. The first-order valence-corrected chi connectivity index (χ1v) is 6.99. The molecule has 30 heavy (non-hydrogen) atoms. The van der Waals surface area contributed by atoms with Crippen LogP contribution in [0.2, 0.25) is 0 Å². The molecule has 0 heterocycles. The van der Waals surface area contributed by atoms with Gasteiger partial charge in [0.25, 0.3) is 11.3 Å². The maximum Gasteiger partial charge on any atom is 0.376 e. The Balaban J connectivity index is 3.21. The molecule has 2 N–H and O–H groups in total. The third kappa shape index (κ3) is 1.91. The number of carboxylic acids is 2. The summed E-state index contributed by atoms with van der Waals surface area (Å²) < 4.78 is 195. The fourth-order valence-electron chi connectivity index (χ4n) is 3.57. The molecule has 0 spiro atoms. The summed E-state index contributed by atoms with van der Waals surface area (Å²) in [4.78, 5) is 21.7. The molecule has 0 aromatic carbocycles. The van der Waals surface area contributed by atoms with E-state index < -0.39 is 70.6 Å². The fraction of sp³-hybridized carbons (Fsp3) is 0.833. The summed E-state index contributed by atoms with van der Waals surface area (Å²) in [6, 6.07) is 0. The van der Waals surface area contributed by atoms with Crippen LogP contribution in [0.4, 0.5) is 61.5 Å². The highest BCUT2D eigenvalue weighted by Crippen LogP contribution is 2.75. The molecule has 2 rings (SSSR count). The van der Waals surface area contributed by atoms with E-state index in [2.05, 4.69) is 0 Å². The number of alkyl halides is 14. The lowest BCUT2D eigenvalue weighted by atomic mass is 9.51. The topological polar surface area (TPSA) is 74.6 Å². The van der Waals surface area contributed by atoms with Crippen molar-refractivity contribution < 1.29 is 81.3 Å². The molecule has 0 aromatic rings. The first-order chi connectivity index (χ1) is 12.9. The van der Waals surface area contributed by atoms with E-state index in [1.165, 1.54) is 0 Å². The van der Waals surface area contributed by atoms with Crippen LogP contribution < -0.4 is 0 Å². The molecule has 4 nitrogen and oxygen atoms in total. The highest BCUT2D eigenvalue weighted by atomic mass is 19.4. The van der Waals surface area contributed by atoms with Crippen LogP contribution in [-0.2, 0) is 9.59 Å². The lowest BCUT2D eigenvalue weighted by Gasteiger charge is -2.60. The summed E-state index contributed by atoms with van der Waals surface area (Å²) in [7, 11) is 0. The molecule has 2 atom stereocenters. The predicted molar refractivity (Wildman–Crippen MR) is 59.6 cm³/mol. The fourth-order valence-corrected chi connectivity index (χ4v) is 3.57. The smallest absolute Gasteiger partial charge is 0.376 e. The van der Waals surface area contributed by atoms with Gasteiger partial charge in [0, 0.05) is 0 Å². The average Bonchev–Trinajstić information content (AvgIpc) is 2.54. The van der Waals surface area contributed by atoms with E-state index in [4.69, 9.17) is 10.2 Å². The minimum absolute atomic E-state index is 4.27. The molecule has 0 saturated heterocycles. The summed E-state index contributed by atoms with van der Waals surface area (Å²) >= 11 is 0. The van der Waals surface area contributed by atoms with E-state index in [9.17, 15) is 71.1 Å². The highest BCUT2D eigenvalue weighted by Gasteiger charge is 3.03. The first-order valence-electron chi connectivity index (χ1n) is 6.99. The predicted octanol–water partition coefficient (Wildman–Crippen LogP) is 3.64. The van der Waals surface area contributed by atoms with Crippen LogP contribution in [0.25, 0.3) is 0 Å². The number of halogens is 14. The number of carboxylic acid groups (broad SMARTS) is 2. The summed E-state index contributed by atoms with van der Waals surface area (Å²) in [6.07, 6.45) is 0. The molecule has 174 valence electrons. The third-order valence-electron chi connectivity index (χ3n) is 5.13. The lowest BCUT2D eigenvalue weighted by Crippen LogP contribution is -2.89. The van der Waals surface area contributed by atoms with Gasteiger partial charge >= 0.3 is 47.5 Å². The van der Waals surface area contributed by atoms with Gasteiger partial charge in [0.2, 0.25) is 0 Å². The van der Waals surface area contributed by atoms with E-state index in [0.717, 1.165) is 0 Å². The van der Waals surface area contributed by atoms with Crippen LogP contribution in [-0.4, -0.2) is 69.0 Å². The minimum atomic E-state index is -7.61. The first kappa shape index (κ1) is 24.2. The van der Waals surface area contributed by atoms with Crippen molar-refractivity contribution in [3.8, 4) is 0 Å². The molecular weight excluding hydrogens is 474 g/mol. The van der Waals surface area contributed by atoms with E-state index >= 15 is 0 Å². The molecule has 2 aliphatic carbocycles. The molecule has 18 heteroatoms. The lowest BCUT2D eigenvalue weighted by molar-refractivity contribution is -0.476. The Labute approximate surface area is 153 Å². The van der Waals surface area contributed by atoms with Crippen molar-refractivity contribution in [2.75, 3.05) is 0 Å². The van der Waals surface area contributed by atoms with Crippen LogP contribution in [0.5, 0.6) is 0 Å². The molecule has 2 unspecified atom stereocenters. The number of rotatable bonds is 2. The Kier molecular flexibility index (Phi) is 4.37. The maximum absolute atomic E-state index is 14.7. The number of hydrogen-bond donors (Lipinski definition) is 2. The minimum Gasteiger partial charge on any atom is -0.479 e. The van der Waals surface area contributed by atoms with Gasteiger partial charge in [0.05, 0.1) is 5.92 Å². The summed E-state index contributed by atoms with van der Waals surface area (Å²) in [6.45, 7) is 0.